The molecule has 0 aliphatic carbocycles. The van der Waals surface area contributed by atoms with E-state index in [9.17, 15) is 0 Å². The maximum Gasteiger partial charge on any atom is 0.227 e. The monoisotopic (exact) mass is 732 g/mol. The van der Waals surface area contributed by atoms with Gasteiger partial charge in [-0.2, -0.15) is 0 Å². The van der Waals surface area contributed by atoms with Crippen molar-refractivity contribution >= 4 is 65.7 Å². The molecule has 0 unspecified atom stereocenters. The number of oxazole rings is 1. The lowest BCUT2D eigenvalue weighted by molar-refractivity contribution is 0.621. The SMILES string of the molecule is c1ccc(-c2nc(-c3cccc(-c4cc5nc(-c6ccc7c(c6)oc6ccccc67)oc5c5c4oc4ccccc45)c3)nc(-c3ccc4ccccc4c3)n2)cc1. The molecule has 12 aromatic rings. The normalized spacial score (nSPS) is 11.9. The van der Waals surface area contributed by atoms with Crippen LogP contribution in [0.2, 0.25) is 0 Å². The molecule has 0 bridgehead atoms. The molecule has 0 radical (unpaired) electrons. The molecule has 0 fully saturated rings. The minimum absolute atomic E-state index is 0.504. The highest BCUT2D eigenvalue weighted by Crippen LogP contribution is 2.43. The zero-order chi connectivity index (χ0) is 37.5. The van der Waals surface area contributed by atoms with Gasteiger partial charge < -0.3 is 13.3 Å². The summed E-state index contributed by atoms with van der Waals surface area (Å²) >= 11 is 0. The molecule has 0 saturated carbocycles. The molecule has 0 saturated heterocycles. The van der Waals surface area contributed by atoms with Crippen LogP contribution in [0.1, 0.15) is 0 Å². The topological polar surface area (TPSA) is 91.0 Å². The third-order valence-corrected chi connectivity index (χ3v) is 10.7. The predicted octanol–water partition coefficient (Wildman–Crippen LogP) is 13.3. The quantitative estimate of drug-likeness (QED) is 0.174. The fourth-order valence-electron chi connectivity index (χ4n) is 7.97. The summed E-state index contributed by atoms with van der Waals surface area (Å²) < 4.78 is 19.5. The van der Waals surface area contributed by atoms with Gasteiger partial charge in [0.25, 0.3) is 0 Å². The molecule has 0 atom stereocenters. The molecule has 0 N–H and O–H groups in total. The zero-order valence-electron chi connectivity index (χ0n) is 30.2. The Kier molecular flexibility index (Phi) is 6.79. The van der Waals surface area contributed by atoms with Crippen LogP contribution in [0.3, 0.4) is 0 Å². The first-order valence-electron chi connectivity index (χ1n) is 18.8. The lowest BCUT2D eigenvalue weighted by Gasteiger charge is -2.10. The molecule has 7 heteroatoms. The van der Waals surface area contributed by atoms with Crippen LogP contribution < -0.4 is 0 Å². The Morgan fingerprint density at radius 3 is 1.81 bits per heavy atom. The van der Waals surface area contributed by atoms with Gasteiger partial charge in [-0.3, -0.25) is 0 Å². The fraction of sp³-hybridized carbons (Fsp3) is 0. The molecule has 7 nitrogen and oxygen atoms in total. The number of hydrogen-bond donors (Lipinski definition) is 0. The van der Waals surface area contributed by atoms with Gasteiger partial charge in [-0.05, 0) is 64.9 Å². The lowest BCUT2D eigenvalue weighted by Crippen LogP contribution is -2.00. The van der Waals surface area contributed by atoms with Gasteiger partial charge in [-0.25, -0.2) is 19.9 Å². The maximum absolute atomic E-state index is 6.64. The number of aromatic nitrogens is 4. The third-order valence-electron chi connectivity index (χ3n) is 10.7. The molecule has 57 heavy (non-hydrogen) atoms. The second kappa shape index (κ2) is 12.3. The van der Waals surface area contributed by atoms with E-state index >= 15 is 0 Å². The molecular weight excluding hydrogens is 705 g/mol. The van der Waals surface area contributed by atoms with Crippen molar-refractivity contribution in [3.63, 3.8) is 0 Å². The molecule has 0 amide bonds. The largest absolute Gasteiger partial charge is 0.456 e. The lowest BCUT2D eigenvalue weighted by atomic mass is 9.99. The number of benzene rings is 8. The number of fused-ring (bicyclic) bond motifs is 9. The van der Waals surface area contributed by atoms with E-state index in [1.54, 1.807) is 0 Å². The van der Waals surface area contributed by atoms with Crippen molar-refractivity contribution < 1.29 is 13.3 Å². The summed E-state index contributed by atoms with van der Waals surface area (Å²) in [4.78, 5) is 20.2. The van der Waals surface area contributed by atoms with Crippen molar-refractivity contribution in [2.24, 2.45) is 0 Å². The Hall–Kier alpha value is -7.90. The number of hydrogen-bond acceptors (Lipinski definition) is 7. The molecule has 0 aliphatic heterocycles. The molecule has 0 spiro atoms. The Bertz CT molecular complexity index is 3540. The smallest absolute Gasteiger partial charge is 0.227 e. The Morgan fingerprint density at radius 1 is 0.333 bits per heavy atom. The molecule has 12 rings (SSSR count). The standard InChI is InChI=1S/C50H28N4O3/c1-2-12-30(13-3-1)47-52-48(54-49(53-47)34-22-21-29-11-4-5-14-31(29)25-34)33-16-10-15-32(26-33)39-28-40-46(44-38-18-7-9-20-42(38)56-45(39)44)57-50(51-40)35-23-24-37-36-17-6-8-19-41(36)55-43(37)27-35/h1-28H. The van der Waals surface area contributed by atoms with E-state index in [0.29, 0.717) is 34.5 Å². The summed E-state index contributed by atoms with van der Waals surface area (Å²) in [6.07, 6.45) is 0. The van der Waals surface area contributed by atoms with Crippen LogP contribution in [0.5, 0.6) is 0 Å². The highest BCUT2D eigenvalue weighted by atomic mass is 16.4. The first-order chi connectivity index (χ1) is 28.2. The predicted molar refractivity (Wildman–Crippen MR) is 227 cm³/mol. The molecule has 266 valence electrons. The number of para-hydroxylation sites is 2. The molecular formula is C50H28N4O3. The third kappa shape index (κ3) is 5.13. The Labute approximate surface area is 324 Å². The summed E-state index contributed by atoms with van der Waals surface area (Å²) in [5.41, 5.74) is 9.82. The van der Waals surface area contributed by atoms with Crippen molar-refractivity contribution in [1.29, 1.82) is 0 Å². The summed E-state index contributed by atoms with van der Waals surface area (Å²) in [6.45, 7) is 0. The van der Waals surface area contributed by atoms with Crippen molar-refractivity contribution in [2.45, 2.75) is 0 Å². The van der Waals surface area contributed by atoms with E-state index < -0.39 is 0 Å². The van der Waals surface area contributed by atoms with E-state index in [4.69, 9.17) is 33.2 Å². The Morgan fingerprint density at radius 2 is 0.965 bits per heavy atom. The number of furan rings is 2. The maximum atomic E-state index is 6.64. The van der Waals surface area contributed by atoms with Crippen LogP contribution in [0, 0.1) is 0 Å². The molecule has 4 heterocycles. The van der Waals surface area contributed by atoms with Crippen molar-refractivity contribution in [2.75, 3.05) is 0 Å². The molecule has 0 aliphatic rings. The first-order valence-corrected chi connectivity index (χ1v) is 18.8. The average Bonchev–Trinajstić information content (AvgIpc) is 3.99. The first kappa shape index (κ1) is 31.5. The van der Waals surface area contributed by atoms with Gasteiger partial charge in [0.2, 0.25) is 5.89 Å². The van der Waals surface area contributed by atoms with Gasteiger partial charge in [0.05, 0.1) is 5.39 Å². The van der Waals surface area contributed by atoms with Crippen molar-refractivity contribution in [1.82, 2.24) is 19.9 Å². The van der Waals surface area contributed by atoms with Gasteiger partial charge in [0.1, 0.15) is 27.8 Å². The van der Waals surface area contributed by atoms with E-state index in [1.807, 2.05) is 103 Å². The van der Waals surface area contributed by atoms with Crippen LogP contribution >= 0.6 is 0 Å². The van der Waals surface area contributed by atoms with Crippen LogP contribution in [0.15, 0.2) is 183 Å². The van der Waals surface area contributed by atoms with Crippen LogP contribution in [-0.2, 0) is 0 Å². The highest BCUT2D eigenvalue weighted by molar-refractivity contribution is 6.20. The summed E-state index contributed by atoms with van der Waals surface area (Å²) in [6, 6.07) is 57.2. The van der Waals surface area contributed by atoms with Gasteiger partial charge in [0.15, 0.2) is 23.1 Å². The van der Waals surface area contributed by atoms with Gasteiger partial charge in [-0.15, -0.1) is 0 Å². The molecule has 4 aromatic heterocycles. The van der Waals surface area contributed by atoms with E-state index in [1.165, 1.54) is 0 Å². The van der Waals surface area contributed by atoms with E-state index in [-0.39, 0.29) is 0 Å². The minimum Gasteiger partial charge on any atom is -0.456 e. The van der Waals surface area contributed by atoms with Crippen LogP contribution in [0.4, 0.5) is 0 Å². The number of nitrogens with zero attached hydrogens (tertiary/aromatic N) is 4. The van der Waals surface area contributed by atoms with Crippen molar-refractivity contribution in [3.05, 3.63) is 170 Å². The number of rotatable bonds is 5. The average molecular weight is 733 g/mol. The van der Waals surface area contributed by atoms with Gasteiger partial charge in [0, 0.05) is 44.0 Å². The van der Waals surface area contributed by atoms with Crippen LogP contribution in [0.25, 0.3) is 122 Å². The van der Waals surface area contributed by atoms with Crippen LogP contribution in [-0.4, -0.2) is 19.9 Å². The molecule has 8 aromatic carbocycles. The highest BCUT2D eigenvalue weighted by Gasteiger charge is 2.22. The van der Waals surface area contributed by atoms with E-state index in [2.05, 4.69) is 66.7 Å². The van der Waals surface area contributed by atoms with Crippen molar-refractivity contribution in [3.8, 4) is 56.7 Å². The zero-order valence-corrected chi connectivity index (χ0v) is 30.2. The summed E-state index contributed by atoms with van der Waals surface area (Å²) in [7, 11) is 0. The summed E-state index contributed by atoms with van der Waals surface area (Å²) in [5, 5.41) is 6.24. The Balaban J connectivity index is 1.03. The fourth-order valence-corrected chi connectivity index (χ4v) is 7.97. The second-order valence-corrected chi connectivity index (χ2v) is 14.2. The van der Waals surface area contributed by atoms with Gasteiger partial charge in [-0.1, -0.05) is 121 Å². The van der Waals surface area contributed by atoms with E-state index in [0.717, 1.165) is 88.0 Å². The second-order valence-electron chi connectivity index (χ2n) is 14.2. The summed E-state index contributed by atoms with van der Waals surface area (Å²) in [5.74, 6) is 2.28. The van der Waals surface area contributed by atoms with Gasteiger partial charge >= 0.3 is 0 Å². The minimum atomic E-state index is 0.504.